The molecule has 1 fully saturated rings. The summed E-state index contributed by atoms with van der Waals surface area (Å²) >= 11 is 0. The Balaban J connectivity index is 2.61. The Hall–Kier alpha value is 0.354. The normalized spacial score (nSPS) is 29.6. The molecule has 20 heavy (non-hydrogen) atoms. The van der Waals surface area contributed by atoms with Gasteiger partial charge in [-0.2, -0.15) is 0 Å². The van der Waals surface area contributed by atoms with Crippen molar-refractivity contribution in [3.8, 4) is 0 Å². The monoisotopic (exact) mass is 316 g/mol. The van der Waals surface area contributed by atoms with Crippen LogP contribution in [0.4, 0.5) is 0 Å². The third-order valence-electron chi connectivity index (χ3n) is 4.15. The predicted molar refractivity (Wildman–Crippen MR) is 93.3 cm³/mol. The molecular weight excluding hydrogens is 280 g/mol. The molecule has 1 saturated carbocycles. The van der Waals surface area contributed by atoms with Crippen LogP contribution in [0.5, 0.6) is 0 Å². The second-order valence-electron chi connectivity index (χ2n) is 9.26. The van der Waals surface area contributed by atoms with Crippen molar-refractivity contribution in [3.05, 3.63) is 0 Å². The number of hydrogen-bond acceptors (Lipinski definition) is 2. The molecule has 1 aliphatic carbocycles. The minimum Gasteiger partial charge on any atom is -0.412 e. The Morgan fingerprint density at radius 3 is 1.70 bits per heavy atom. The van der Waals surface area contributed by atoms with Gasteiger partial charge in [0.2, 0.25) is 0 Å². The molecule has 0 spiro atoms. The van der Waals surface area contributed by atoms with Gasteiger partial charge in [-0.15, -0.1) is 0 Å². The summed E-state index contributed by atoms with van der Waals surface area (Å²) in [6.07, 6.45) is 4.83. The van der Waals surface area contributed by atoms with E-state index in [0.29, 0.717) is 5.92 Å². The summed E-state index contributed by atoms with van der Waals surface area (Å²) in [5.41, 5.74) is 0.126. The summed E-state index contributed by atoms with van der Waals surface area (Å²) in [6.45, 7) is 20.6. The molecule has 0 N–H and O–H groups in total. The van der Waals surface area contributed by atoms with E-state index in [0.717, 1.165) is 0 Å². The molecule has 0 amide bonds. The van der Waals surface area contributed by atoms with Crippen LogP contribution in [-0.4, -0.2) is 27.8 Å². The lowest BCUT2D eigenvalue weighted by Gasteiger charge is -2.47. The largest absolute Gasteiger partial charge is 0.412 e. The minimum absolute atomic E-state index is 0.0188. The summed E-state index contributed by atoms with van der Waals surface area (Å²) in [6, 6.07) is 0. The Morgan fingerprint density at radius 2 is 1.35 bits per heavy atom. The first-order valence-corrected chi connectivity index (χ1v) is 14.9. The van der Waals surface area contributed by atoms with E-state index in [9.17, 15) is 0 Å². The van der Waals surface area contributed by atoms with Gasteiger partial charge in [-0.1, -0.05) is 0 Å². The quantitative estimate of drug-likeness (QED) is 0.631. The van der Waals surface area contributed by atoms with Gasteiger partial charge in [-0.05, 0) is 91.7 Å². The van der Waals surface area contributed by atoms with Crippen LogP contribution in [0.1, 0.15) is 46.5 Å². The van der Waals surface area contributed by atoms with Crippen LogP contribution in [0, 0.1) is 5.92 Å². The SMILES string of the molecule is CC1(O[Si](C)(C)C)CCC(C(C)(C)O[Si](C)(C)C)CC1. The van der Waals surface area contributed by atoms with E-state index in [1.165, 1.54) is 25.7 Å². The zero-order valence-corrected chi connectivity index (χ0v) is 17.2. The van der Waals surface area contributed by atoms with Crippen LogP contribution >= 0.6 is 0 Å². The molecular formula is C16H36O2Si2. The molecule has 120 valence electrons. The highest BCUT2D eigenvalue weighted by atomic mass is 28.4. The van der Waals surface area contributed by atoms with E-state index in [1.807, 2.05) is 0 Å². The predicted octanol–water partition coefficient (Wildman–Crippen LogP) is 5.42. The smallest absolute Gasteiger partial charge is 0.184 e. The molecule has 0 aromatic carbocycles. The fourth-order valence-corrected chi connectivity index (χ4v) is 7.06. The van der Waals surface area contributed by atoms with Crippen molar-refractivity contribution in [1.82, 2.24) is 0 Å². The maximum absolute atomic E-state index is 6.44. The molecule has 0 aromatic rings. The van der Waals surface area contributed by atoms with E-state index >= 15 is 0 Å². The molecule has 0 saturated heterocycles. The Bertz CT molecular complexity index is 318. The van der Waals surface area contributed by atoms with Gasteiger partial charge in [-0.25, -0.2) is 0 Å². The van der Waals surface area contributed by atoms with Gasteiger partial charge in [0.1, 0.15) is 0 Å². The molecule has 1 rings (SSSR count). The fourth-order valence-electron chi connectivity index (χ4n) is 3.64. The van der Waals surface area contributed by atoms with Crippen molar-refractivity contribution in [3.63, 3.8) is 0 Å². The Labute approximate surface area is 128 Å². The number of rotatable bonds is 5. The fraction of sp³-hybridized carbons (Fsp3) is 1.00. The first-order chi connectivity index (χ1) is 8.73. The molecule has 0 heterocycles. The van der Waals surface area contributed by atoms with Crippen molar-refractivity contribution >= 4 is 16.6 Å². The van der Waals surface area contributed by atoms with Gasteiger partial charge in [-0.3, -0.25) is 0 Å². The van der Waals surface area contributed by atoms with E-state index in [1.54, 1.807) is 0 Å². The topological polar surface area (TPSA) is 18.5 Å². The summed E-state index contributed by atoms with van der Waals surface area (Å²) in [4.78, 5) is 0. The van der Waals surface area contributed by atoms with Gasteiger partial charge in [0.25, 0.3) is 0 Å². The first kappa shape index (κ1) is 18.4. The summed E-state index contributed by atoms with van der Waals surface area (Å²) in [5.74, 6) is 0.674. The van der Waals surface area contributed by atoms with Gasteiger partial charge >= 0.3 is 0 Å². The highest BCUT2D eigenvalue weighted by Crippen LogP contribution is 2.42. The van der Waals surface area contributed by atoms with Crippen molar-refractivity contribution in [2.24, 2.45) is 5.92 Å². The Morgan fingerprint density at radius 1 is 0.900 bits per heavy atom. The van der Waals surface area contributed by atoms with Crippen LogP contribution in [0.15, 0.2) is 0 Å². The van der Waals surface area contributed by atoms with Crippen LogP contribution < -0.4 is 0 Å². The standard InChI is InChI=1S/C16H36O2Si2/c1-15(2,17-19(4,5)6)14-10-12-16(3,13-11-14)18-20(7,8)9/h14H,10-13H2,1-9H3. The average Bonchev–Trinajstić information content (AvgIpc) is 2.09. The second kappa shape index (κ2) is 5.86. The zero-order chi connectivity index (χ0) is 15.8. The zero-order valence-electron chi connectivity index (χ0n) is 15.2. The lowest BCUT2D eigenvalue weighted by Crippen LogP contribution is -2.49. The third-order valence-corrected chi connectivity index (χ3v) is 6.39. The Kier molecular flexibility index (Phi) is 5.39. The lowest BCUT2D eigenvalue weighted by atomic mass is 9.73. The molecule has 0 bridgehead atoms. The van der Waals surface area contributed by atoms with E-state index < -0.39 is 16.6 Å². The molecule has 2 nitrogen and oxygen atoms in total. The molecule has 1 aliphatic rings. The highest BCUT2D eigenvalue weighted by molar-refractivity contribution is 6.70. The first-order valence-electron chi connectivity index (χ1n) is 8.13. The molecule has 0 aliphatic heterocycles. The molecule has 4 heteroatoms. The van der Waals surface area contributed by atoms with Crippen LogP contribution in [0.2, 0.25) is 39.3 Å². The minimum atomic E-state index is -1.47. The summed E-state index contributed by atoms with van der Waals surface area (Å²) < 4.78 is 12.9. The highest BCUT2D eigenvalue weighted by Gasteiger charge is 2.42. The maximum Gasteiger partial charge on any atom is 0.184 e. The third kappa shape index (κ3) is 6.00. The van der Waals surface area contributed by atoms with Gasteiger partial charge < -0.3 is 8.85 Å². The van der Waals surface area contributed by atoms with Crippen molar-refractivity contribution in [1.29, 1.82) is 0 Å². The molecule has 0 radical (unpaired) electrons. The van der Waals surface area contributed by atoms with Gasteiger partial charge in [0.15, 0.2) is 16.6 Å². The molecule has 0 atom stereocenters. The van der Waals surface area contributed by atoms with Gasteiger partial charge in [0.05, 0.1) is 11.2 Å². The maximum atomic E-state index is 6.44. The van der Waals surface area contributed by atoms with Crippen LogP contribution in [-0.2, 0) is 8.85 Å². The van der Waals surface area contributed by atoms with E-state index in [-0.39, 0.29) is 11.2 Å². The summed E-state index contributed by atoms with van der Waals surface area (Å²) in [7, 11) is -2.92. The molecule has 0 aromatic heterocycles. The van der Waals surface area contributed by atoms with E-state index in [2.05, 4.69) is 60.1 Å². The molecule has 0 unspecified atom stereocenters. The number of hydrogen-bond donors (Lipinski definition) is 0. The van der Waals surface area contributed by atoms with Crippen molar-refractivity contribution in [2.45, 2.75) is 96.9 Å². The second-order valence-corrected chi connectivity index (χ2v) is 18.1. The van der Waals surface area contributed by atoms with Crippen LogP contribution in [0.25, 0.3) is 0 Å². The van der Waals surface area contributed by atoms with Gasteiger partial charge in [0, 0.05) is 0 Å². The average molecular weight is 317 g/mol. The summed E-state index contributed by atoms with van der Waals surface area (Å²) in [5, 5.41) is 0. The lowest BCUT2D eigenvalue weighted by molar-refractivity contribution is -0.0341. The van der Waals surface area contributed by atoms with Crippen molar-refractivity contribution in [2.75, 3.05) is 0 Å². The van der Waals surface area contributed by atoms with Crippen LogP contribution in [0.3, 0.4) is 0 Å². The van der Waals surface area contributed by atoms with E-state index in [4.69, 9.17) is 8.85 Å². The van der Waals surface area contributed by atoms with Crippen molar-refractivity contribution < 1.29 is 8.85 Å².